The minimum Gasteiger partial charge on any atom is -0.399 e. The van der Waals surface area contributed by atoms with Crippen molar-refractivity contribution in [2.24, 2.45) is 0 Å². The van der Waals surface area contributed by atoms with Gasteiger partial charge in [0.25, 0.3) is 5.91 Å². The Morgan fingerprint density at radius 2 is 1.70 bits per heavy atom. The second-order valence-electron chi connectivity index (χ2n) is 3.94. The first-order chi connectivity index (χ1) is 9.38. The molecule has 0 saturated heterocycles. The van der Waals surface area contributed by atoms with Gasteiger partial charge in [-0.3, -0.25) is 4.79 Å². The molecule has 2 aromatic carbocycles. The zero-order chi connectivity index (χ0) is 14.9. The number of carbonyl (C=O) groups is 1. The van der Waals surface area contributed by atoms with Gasteiger partial charge in [0.15, 0.2) is 0 Å². The van der Waals surface area contributed by atoms with Crippen LogP contribution >= 0.6 is 55.1 Å². The van der Waals surface area contributed by atoms with Crippen LogP contribution in [0.3, 0.4) is 0 Å². The summed E-state index contributed by atoms with van der Waals surface area (Å²) in [7, 11) is 0. The molecule has 0 atom stereocenters. The van der Waals surface area contributed by atoms with E-state index in [-0.39, 0.29) is 10.9 Å². The minimum absolute atomic E-state index is 0.290. The van der Waals surface area contributed by atoms with Crippen LogP contribution in [0.4, 0.5) is 11.4 Å². The van der Waals surface area contributed by atoms with E-state index in [1.165, 1.54) is 6.07 Å². The van der Waals surface area contributed by atoms with Crippen molar-refractivity contribution in [3.63, 3.8) is 0 Å². The summed E-state index contributed by atoms with van der Waals surface area (Å²) in [5.74, 6) is -0.335. The Bertz CT molecular complexity index is 669. The van der Waals surface area contributed by atoms with Crippen LogP contribution in [0.5, 0.6) is 0 Å². The molecule has 3 nitrogen and oxygen atoms in total. The predicted molar refractivity (Wildman–Crippen MR) is 90.7 cm³/mol. The van der Waals surface area contributed by atoms with Crippen molar-refractivity contribution < 1.29 is 4.79 Å². The van der Waals surface area contributed by atoms with Gasteiger partial charge in [-0.2, -0.15) is 0 Å². The Hall–Kier alpha value is -0.750. The maximum atomic E-state index is 12.2. The molecule has 20 heavy (non-hydrogen) atoms. The molecule has 0 heterocycles. The molecule has 0 unspecified atom stereocenters. The highest BCUT2D eigenvalue weighted by Crippen LogP contribution is 2.34. The van der Waals surface area contributed by atoms with Crippen LogP contribution in [0.15, 0.2) is 39.3 Å². The molecule has 0 saturated carbocycles. The predicted octanol–water partition coefficient (Wildman–Crippen LogP) is 5.35. The van der Waals surface area contributed by atoms with Crippen molar-refractivity contribution in [3.05, 3.63) is 54.9 Å². The molecule has 0 aliphatic rings. The van der Waals surface area contributed by atoms with Crippen LogP contribution in [0, 0.1) is 0 Å². The molecule has 0 aliphatic heterocycles. The summed E-state index contributed by atoms with van der Waals surface area (Å²) in [5, 5.41) is 3.53. The molecule has 0 bridgehead atoms. The molecule has 104 valence electrons. The van der Waals surface area contributed by atoms with Gasteiger partial charge in [-0.25, -0.2) is 0 Å². The topological polar surface area (TPSA) is 55.1 Å². The first kappa shape index (κ1) is 15.6. The third-order valence-electron chi connectivity index (χ3n) is 2.48. The van der Waals surface area contributed by atoms with Crippen LogP contribution in [0.2, 0.25) is 10.0 Å². The zero-order valence-corrected chi connectivity index (χ0v) is 14.6. The molecule has 0 aliphatic carbocycles. The molecule has 2 rings (SSSR count). The highest BCUT2D eigenvalue weighted by molar-refractivity contribution is 9.11. The van der Waals surface area contributed by atoms with Gasteiger partial charge >= 0.3 is 0 Å². The number of nitrogen functional groups attached to an aromatic ring is 1. The van der Waals surface area contributed by atoms with Crippen molar-refractivity contribution in [1.29, 1.82) is 0 Å². The third kappa shape index (κ3) is 3.47. The van der Waals surface area contributed by atoms with Gasteiger partial charge in [0.2, 0.25) is 0 Å². The molecular weight excluding hydrogens is 431 g/mol. The van der Waals surface area contributed by atoms with Gasteiger partial charge in [-0.15, -0.1) is 0 Å². The minimum atomic E-state index is -0.335. The number of amides is 1. The molecule has 7 heteroatoms. The lowest BCUT2D eigenvalue weighted by atomic mass is 10.2. The monoisotopic (exact) mass is 436 g/mol. The summed E-state index contributed by atoms with van der Waals surface area (Å²) in [6.07, 6.45) is 0. The van der Waals surface area contributed by atoms with E-state index in [9.17, 15) is 4.79 Å². The van der Waals surface area contributed by atoms with E-state index in [2.05, 4.69) is 37.2 Å². The Balaban J connectivity index is 2.33. The van der Waals surface area contributed by atoms with Gasteiger partial charge in [0.05, 0.1) is 16.3 Å². The van der Waals surface area contributed by atoms with Gasteiger partial charge in [-0.1, -0.05) is 23.2 Å². The first-order valence-electron chi connectivity index (χ1n) is 5.39. The second kappa shape index (κ2) is 6.35. The first-order valence-corrected chi connectivity index (χ1v) is 7.73. The number of anilines is 2. The van der Waals surface area contributed by atoms with Gasteiger partial charge in [-0.05, 0) is 62.2 Å². The average molecular weight is 439 g/mol. The number of hydrogen-bond acceptors (Lipinski definition) is 2. The third-order valence-corrected chi connectivity index (χ3v) is 4.28. The average Bonchev–Trinajstić information content (AvgIpc) is 2.33. The van der Waals surface area contributed by atoms with Crippen molar-refractivity contribution in [1.82, 2.24) is 0 Å². The number of halogens is 4. The smallest absolute Gasteiger partial charge is 0.257 e. The molecule has 0 fully saturated rings. The molecule has 2 aromatic rings. The van der Waals surface area contributed by atoms with Crippen molar-refractivity contribution in [3.8, 4) is 0 Å². The molecule has 0 spiro atoms. The standard InChI is InChI=1S/C13H8Br2Cl2N2O/c14-9-4-7(18)5-10(15)12(9)19-13(20)8-2-1-6(16)3-11(8)17/h1-5H,18H2,(H,19,20). The lowest BCUT2D eigenvalue weighted by molar-refractivity contribution is 0.102. The maximum Gasteiger partial charge on any atom is 0.257 e. The zero-order valence-electron chi connectivity index (χ0n) is 9.88. The van der Waals surface area contributed by atoms with E-state index in [0.29, 0.717) is 30.9 Å². The van der Waals surface area contributed by atoms with Gasteiger partial charge in [0.1, 0.15) is 0 Å². The summed E-state index contributed by atoms with van der Waals surface area (Å²) in [6, 6.07) is 8.09. The molecule has 3 N–H and O–H groups in total. The van der Waals surface area contributed by atoms with Crippen LogP contribution in [-0.2, 0) is 0 Å². The van der Waals surface area contributed by atoms with E-state index < -0.39 is 0 Å². The van der Waals surface area contributed by atoms with Crippen LogP contribution in [-0.4, -0.2) is 5.91 Å². The summed E-state index contributed by atoms with van der Waals surface area (Å²) in [5.41, 5.74) is 7.20. The molecule has 0 radical (unpaired) electrons. The lowest BCUT2D eigenvalue weighted by Crippen LogP contribution is -2.13. The van der Waals surface area contributed by atoms with E-state index in [1.807, 2.05) is 0 Å². The lowest BCUT2D eigenvalue weighted by Gasteiger charge is -2.11. The SMILES string of the molecule is Nc1cc(Br)c(NC(=O)c2ccc(Cl)cc2Cl)c(Br)c1. The van der Waals surface area contributed by atoms with E-state index in [4.69, 9.17) is 28.9 Å². The molecule has 1 amide bonds. The van der Waals surface area contributed by atoms with E-state index in [1.54, 1.807) is 24.3 Å². The fourth-order valence-electron chi connectivity index (χ4n) is 1.57. The van der Waals surface area contributed by atoms with Gasteiger partial charge < -0.3 is 11.1 Å². The second-order valence-corrected chi connectivity index (χ2v) is 6.49. The maximum absolute atomic E-state index is 12.2. The van der Waals surface area contributed by atoms with Crippen LogP contribution in [0.1, 0.15) is 10.4 Å². The number of hydrogen-bond donors (Lipinski definition) is 2. The number of nitrogens with one attached hydrogen (secondary N) is 1. The fraction of sp³-hybridized carbons (Fsp3) is 0. The normalized spacial score (nSPS) is 10.4. The molecular formula is C13H8Br2Cl2N2O. The Labute approximate surface area is 142 Å². The largest absolute Gasteiger partial charge is 0.399 e. The number of nitrogens with two attached hydrogens (primary N) is 1. The quantitative estimate of drug-likeness (QED) is 0.621. The highest BCUT2D eigenvalue weighted by Gasteiger charge is 2.14. The Morgan fingerprint density at radius 3 is 2.25 bits per heavy atom. The summed E-state index contributed by atoms with van der Waals surface area (Å²) >= 11 is 18.5. The number of benzene rings is 2. The summed E-state index contributed by atoms with van der Waals surface area (Å²) < 4.78 is 1.34. The van der Waals surface area contributed by atoms with Crippen LogP contribution < -0.4 is 11.1 Å². The number of rotatable bonds is 2. The highest BCUT2D eigenvalue weighted by atomic mass is 79.9. The Kier molecular flexibility index (Phi) is 4.96. The molecule has 0 aromatic heterocycles. The van der Waals surface area contributed by atoms with Crippen LogP contribution in [0.25, 0.3) is 0 Å². The summed E-state index contributed by atoms with van der Waals surface area (Å²) in [6.45, 7) is 0. The van der Waals surface area contributed by atoms with Crippen molar-refractivity contribution >= 4 is 72.3 Å². The number of carbonyl (C=O) groups excluding carboxylic acids is 1. The van der Waals surface area contributed by atoms with Crippen molar-refractivity contribution in [2.75, 3.05) is 11.1 Å². The Morgan fingerprint density at radius 1 is 1.10 bits per heavy atom. The van der Waals surface area contributed by atoms with Gasteiger partial charge in [0, 0.05) is 19.7 Å². The van der Waals surface area contributed by atoms with E-state index in [0.717, 1.165) is 0 Å². The summed E-state index contributed by atoms with van der Waals surface area (Å²) in [4.78, 5) is 12.2. The fourth-order valence-corrected chi connectivity index (χ4v) is 3.48. The van der Waals surface area contributed by atoms with E-state index >= 15 is 0 Å². The van der Waals surface area contributed by atoms with Crippen molar-refractivity contribution in [2.45, 2.75) is 0 Å².